The summed E-state index contributed by atoms with van der Waals surface area (Å²) in [7, 11) is 0. The van der Waals surface area contributed by atoms with Crippen molar-refractivity contribution in [3.05, 3.63) is 22.0 Å². The van der Waals surface area contributed by atoms with Gasteiger partial charge in [-0.3, -0.25) is 14.5 Å². The minimum Gasteiger partial charge on any atom is -0.397 e. The highest BCUT2D eigenvalue weighted by molar-refractivity contribution is 6.37. The standard InChI is InChI=1S/C15H21ClN4O2/c1-4-19(5-2)7-6-8-20-14(21)10-11(15(20)22)13(16)18-9(3)12(10)17/h4-8,17H2,1-3H3. The van der Waals surface area contributed by atoms with Gasteiger partial charge >= 0.3 is 0 Å². The van der Waals surface area contributed by atoms with Crippen LogP contribution in [0.25, 0.3) is 0 Å². The van der Waals surface area contributed by atoms with Crippen LogP contribution >= 0.6 is 11.6 Å². The number of imide groups is 1. The number of nitrogens with zero attached hydrogens (tertiary/aromatic N) is 3. The Morgan fingerprint density at radius 1 is 1.18 bits per heavy atom. The molecule has 0 saturated carbocycles. The van der Waals surface area contributed by atoms with Crippen LogP contribution in [0.4, 0.5) is 5.69 Å². The number of aryl methyl sites for hydroxylation is 1. The zero-order valence-corrected chi connectivity index (χ0v) is 13.9. The number of carbonyl (C=O) groups excluding carboxylic acids is 2. The molecular weight excluding hydrogens is 304 g/mol. The second-order valence-electron chi connectivity index (χ2n) is 5.29. The number of hydrogen-bond donors (Lipinski definition) is 1. The first kappa shape index (κ1) is 16.7. The molecule has 1 aliphatic heterocycles. The Bertz CT molecular complexity index is 614. The van der Waals surface area contributed by atoms with Crippen LogP contribution in [0.2, 0.25) is 5.15 Å². The number of nitrogens with two attached hydrogens (primary N) is 1. The largest absolute Gasteiger partial charge is 0.397 e. The van der Waals surface area contributed by atoms with Gasteiger partial charge in [-0.05, 0) is 33.0 Å². The molecule has 2 amide bonds. The van der Waals surface area contributed by atoms with E-state index < -0.39 is 5.91 Å². The van der Waals surface area contributed by atoms with E-state index in [1.54, 1.807) is 6.92 Å². The fraction of sp³-hybridized carbons (Fsp3) is 0.533. The smallest absolute Gasteiger partial charge is 0.264 e. The van der Waals surface area contributed by atoms with Gasteiger partial charge in [0.1, 0.15) is 5.15 Å². The van der Waals surface area contributed by atoms with Gasteiger partial charge in [0.2, 0.25) is 0 Å². The molecule has 120 valence electrons. The van der Waals surface area contributed by atoms with Crippen molar-refractivity contribution < 1.29 is 9.59 Å². The van der Waals surface area contributed by atoms with Gasteiger partial charge in [0.15, 0.2) is 0 Å². The van der Waals surface area contributed by atoms with Crippen LogP contribution in [0, 0.1) is 6.92 Å². The van der Waals surface area contributed by atoms with Gasteiger partial charge in [-0.1, -0.05) is 25.4 Å². The normalized spacial score (nSPS) is 14.1. The van der Waals surface area contributed by atoms with Crippen LogP contribution in [-0.4, -0.2) is 52.8 Å². The predicted octanol–water partition coefficient (Wildman–Crippen LogP) is 1.95. The molecule has 0 bridgehead atoms. The minimum atomic E-state index is -0.399. The topological polar surface area (TPSA) is 79.5 Å². The number of hydrogen-bond acceptors (Lipinski definition) is 5. The number of carbonyl (C=O) groups is 2. The second-order valence-corrected chi connectivity index (χ2v) is 5.65. The minimum absolute atomic E-state index is 0.0475. The van der Waals surface area contributed by atoms with E-state index in [0.29, 0.717) is 12.2 Å². The zero-order chi connectivity index (χ0) is 16.4. The molecule has 22 heavy (non-hydrogen) atoms. The lowest BCUT2D eigenvalue weighted by Crippen LogP contribution is -2.33. The third-order valence-corrected chi connectivity index (χ3v) is 4.32. The number of nitrogen functional groups attached to an aromatic ring is 1. The van der Waals surface area contributed by atoms with Crippen LogP contribution in [-0.2, 0) is 0 Å². The summed E-state index contributed by atoms with van der Waals surface area (Å²) < 4.78 is 0. The van der Waals surface area contributed by atoms with Gasteiger partial charge in [-0.25, -0.2) is 4.98 Å². The third-order valence-electron chi connectivity index (χ3n) is 4.05. The van der Waals surface area contributed by atoms with E-state index in [0.717, 1.165) is 26.1 Å². The molecule has 0 fully saturated rings. The van der Waals surface area contributed by atoms with Crippen LogP contribution in [0.5, 0.6) is 0 Å². The Balaban J connectivity index is 2.18. The molecule has 1 aromatic heterocycles. The highest BCUT2D eigenvalue weighted by Gasteiger charge is 2.40. The van der Waals surface area contributed by atoms with E-state index in [4.69, 9.17) is 17.3 Å². The number of halogens is 1. The molecule has 6 nitrogen and oxygen atoms in total. The van der Waals surface area contributed by atoms with Gasteiger partial charge < -0.3 is 10.6 Å². The predicted molar refractivity (Wildman–Crippen MR) is 86.2 cm³/mol. The van der Waals surface area contributed by atoms with E-state index in [2.05, 4.69) is 23.7 Å². The number of aromatic nitrogens is 1. The number of pyridine rings is 1. The molecule has 0 radical (unpaired) electrons. The lowest BCUT2D eigenvalue weighted by atomic mass is 10.1. The Morgan fingerprint density at radius 2 is 1.77 bits per heavy atom. The van der Waals surface area contributed by atoms with Gasteiger partial charge in [0.25, 0.3) is 11.8 Å². The summed E-state index contributed by atoms with van der Waals surface area (Å²) in [5.41, 5.74) is 6.95. The summed E-state index contributed by atoms with van der Waals surface area (Å²) in [4.78, 5) is 32.4. The molecule has 7 heteroatoms. The van der Waals surface area contributed by atoms with Gasteiger partial charge in [0, 0.05) is 6.54 Å². The van der Waals surface area contributed by atoms with Crippen molar-refractivity contribution in [3.63, 3.8) is 0 Å². The van der Waals surface area contributed by atoms with Crippen LogP contribution in [0.15, 0.2) is 0 Å². The number of rotatable bonds is 6. The molecule has 0 spiro atoms. The Morgan fingerprint density at radius 3 is 2.36 bits per heavy atom. The SMILES string of the molecule is CCN(CC)CCCN1C(=O)c2c(Cl)nc(C)c(N)c2C1=O. The van der Waals surface area contributed by atoms with E-state index >= 15 is 0 Å². The summed E-state index contributed by atoms with van der Waals surface area (Å²) >= 11 is 6.03. The highest BCUT2D eigenvalue weighted by Crippen LogP contribution is 2.33. The molecule has 1 aliphatic rings. The Kier molecular flexibility index (Phi) is 5.03. The molecule has 0 unspecified atom stereocenters. The molecule has 0 aromatic carbocycles. The second kappa shape index (κ2) is 6.62. The summed E-state index contributed by atoms with van der Waals surface area (Å²) in [6.45, 7) is 8.92. The maximum atomic E-state index is 12.5. The molecule has 0 aliphatic carbocycles. The van der Waals surface area contributed by atoms with Crippen molar-refractivity contribution in [1.82, 2.24) is 14.8 Å². The molecule has 0 saturated heterocycles. The summed E-state index contributed by atoms with van der Waals surface area (Å²) in [6, 6.07) is 0. The summed E-state index contributed by atoms with van der Waals surface area (Å²) in [5, 5.41) is 0.0475. The molecule has 0 atom stereocenters. The van der Waals surface area contributed by atoms with E-state index in [9.17, 15) is 9.59 Å². The lowest BCUT2D eigenvalue weighted by Gasteiger charge is -2.20. The lowest BCUT2D eigenvalue weighted by molar-refractivity contribution is 0.0648. The van der Waals surface area contributed by atoms with E-state index in [-0.39, 0.29) is 27.9 Å². The van der Waals surface area contributed by atoms with Gasteiger partial charge in [0.05, 0.1) is 22.5 Å². The van der Waals surface area contributed by atoms with E-state index in [1.165, 1.54) is 4.90 Å². The number of amides is 2. The average Bonchev–Trinajstić information content (AvgIpc) is 2.74. The summed E-state index contributed by atoms with van der Waals surface area (Å²) in [6.07, 6.45) is 0.719. The maximum Gasteiger partial charge on any atom is 0.264 e. The zero-order valence-electron chi connectivity index (χ0n) is 13.1. The number of fused-ring (bicyclic) bond motifs is 1. The van der Waals surface area contributed by atoms with Crippen LogP contribution < -0.4 is 5.73 Å². The number of anilines is 1. The van der Waals surface area contributed by atoms with Gasteiger partial charge in [-0.15, -0.1) is 0 Å². The third kappa shape index (κ3) is 2.80. The van der Waals surface area contributed by atoms with Crippen LogP contribution in [0.1, 0.15) is 46.7 Å². The first-order valence-corrected chi connectivity index (χ1v) is 7.84. The Hall–Kier alpha value is -1.66. The van der Waals surface area contributed by atoms with E-state index in [1.807, 2.05) is 0 Å². The van der Waals surface area contributed by atoms with Gasteiger partial charge in [-0.2, -0.15) is 0 Å². The molecule has 2 rings (SSSR count). The average molecular weight is 325 g/mol. The first-order chi connectivity index (χ1) is 10.4. The van der Waals surface area contributed by atoms with Crippen molar-refractivity contribution in [1.29, 1.82) is 0 Å². The highest BCUT2D eigenvalue weighted by atomic mass is 35.5. The van der Waals surface area contributed by atoms with Crippen molar-refractivity contribution in [3.8, 4) is 0 Å². The van der Waals surface area contributed by atoms with Crippen molar-refractivity contribution in [2.24, 2.45) is 0 Å². The van der Waals surface area contributed by atoms with Crippen molar-refractivity contribution in [2.45, 2.75) is 27.2 Å². The fourth-order valence-electron chi connectivity index (χ4n) is 2.66. The van der Waals surface area contributed by atoms with Crippen molar-refractivity contribution in [2.75, 3.05) is 31.9 Å². The quantitative estimate of drug-likeness (QED) is 0.639. The molecule has 1 aromatic rings. The van der Waals surface area contributed by atoms with Crippen molar-refractivity contribution >= 4 is 29.1 Å². The monoisotopic (exact) mass is 324 g/mol. The first-order valence-electron chi connectivity index (χ1n) is 7.46. The maximum absolute atomic E-state index is 12.5. The van der Waals surface area contributed by atoms with Crippen LogP contribution in [0.3, 0.4) is 0 Å². The molecular formula is C15H21ClN4O2. The fourth-order valence-corrected chi connectivity index (χ4v) is 2.96. The summed E-state index contributed by atoms with van der Waals surface area (Å²) in [5.74, 6) is -0.770. The molecule has 2 heterocycles. The Labute approximate surface area is 135 Å². The molecule has 2 N–H and O–H groups in total.